The van der Waals surface area contributed by atoms with Crippen LogP contribution in [-0.4, -0.2) is 23.3 Å². The first-order valence-electron chi connectivity index (χ1n) is 6.25. The summed E-state index contributed by atoms with van der Waals surface area (Å²) < 4.78 is 8.23. The fourth-order valence-corrected chi connectivity index (χ4v) is 2.26. The number of halogens is 1. The zero-order chi connectivity index (χ0) is 13.7. The van der Waals surface area contributed by atoms with E-state index in [1.165, 1.54) is 0 Å². The number of para-hydroxylation sites is 1. The Hall–Kier alpha value is -1.33. The number of anilines is 2. The second-order valence-electron chi connectivity index (χ2n) is 4.35. The van der Waals surface area contributed by atoms with Gasteiger partial charge in [-0.15, -0.1) is 0 Å². The molecule has 19 heavy (non-hydrogen) atoms. The van der Waals surface area contributed by atoms with Crippen LogP contribution in [0.25, 0.3) is 0 Å². The van der Waals surface area contributed by atoms with Crippen LogP contribution in [0.2, 0.25) is 0 Å². The molecule has 4 nitrogen and oxygen atoms in total. The summed E-state index contributed by atoms with van der Waals surface area (Å²) in [5.41, 5.74) is 2.02. The van der Waals surface area contributed by atoms with Crippen LogP contribution in [-0.2, 0) is 11.3 Å². The van der Waals surface area contributed by atoms with E-state index in [9.17, 15) is 0 Å². The van der Waals surface area contributed by atoms with Crippen molar-refractivity contribution in [2.75, 3.05) is 19.0 Å². The summed E-state index contributed by atoms with van der Waals surface area (Å²) in [5.74, 6) is 0.862. The highest BCUT2D eigenvalue weighted by atomic mass is 79.9. The number of methoxy groups -OCH3 is 1. The highest BCUT2D eigenvalue weighted by Crippen LogP contribution is 2.25. The minimum Gasteiger partial charge on any atom is -0.385 e. The molecule has 2 aromatic rings. The Morgan fingerprint density at radius 3 is 2.89 bits per heavy atom. The smallest absolute Gasteiger partial charge is 0.207 e. The van der Waals surface area contributed by atoms with Gasteiger partial charge in [0.15, 0.2) is 0 Å². The minimum atomic E-state index is 0.756. The summed E-state index contributed by atoms with van der Waals surface area (Å²) in [6.07, 6.45) is 3.02. The maximum absolute atomic E-state index is 5.09. The van der Waals surface area contributed by atoms with Gasteiger partial charge in [0.25, 0.3) is 0 Å². The van der Waals surface area contributed by atoms with Crippen LogP contribution in [0.1, 0.15) is 12.1 Å². The van der Waals surface area contributed by atoms with Crippen LogP contribution < -0.4 is 5.32 Å². The lowest BCUT2D eigenvalue weighted by Gasteiger charge is -2.10. The van der Waals surface area contributed by atoms with Gasteiger partial charge < -0.3 is 14.6 Å². The van der Waals surface area contributed by atoms with Gasteiger partial charge in [-0.3, -0.25) is 0 Å². The van der Waals surface area contributed by atoms with E-state index in [0.717, 1.165) is 41.4 Å². The van der Waals surface area contributed by atoms with Crippen molar-refractivity contribution in [3.63, 3.8) is 0 Å². The summed E-state index contributed by atoms with van der Waals surface area (Å²) in [6, 6.07) is 8.02. The highest BCUT2D eigenvalue weighted by Gasteiger charge is 2.07. The summed E-state index contributed by atoms with van der Waals surface area (Å²) in [4.78, 5) is 4.52. The Morgan fingerprint density at radius 1 is 1.37 bits per heavy atom. The normalized spacial score (nSPS) is 10.7. The molecular weight excluding hydrogens is 306 g/mol. The zero-order valence-corrected chi connectivity index (χ0v) is 12.8. The molecule has 0 aliphatic carbocycles. The lowest BCUT2D eigenvalue weighted by atomic mass is 10.3. The first-order valence-corrected chi connectivity index (χ1v) is 7.04. The number of rotatable bonds is 6. The van der Waals surface area contributed by atoms with E-state index < -0.39 is 0 Å². The largest absolute Gasteiger partial charge is 0.385 e. The fourth-order valence-electron chi connectivity index (χ4n) is 1.88. The SMILES string of the molecule is COCCCn1cc(C)nc1Nc1ccccc1Br. The second kappa shape index (κ2) is 6.73. The van der Waals surface area contributed by atoms with E-state index >= 15 is 0 Å². The van der Waals surface area contributed by atoms with Gasteiger partial charge in [0.05, 0.1) is 11.4 Å². The number of benzene rings is 1. The standard InChI is InChI=1S/C14H18BrN3O/c1-11-10-18(8-5-9-19-2)14(16-11)17-13-7-4-3-6-12(13)15/h3-4,6-7,10H,5,8-9H2,1-2H3,(H,16,17). The molecule has 1 aromatic heterocycles. The van der Waals surface area contributed by atoms with Gasteiger partial charge >= 0.3 is 0 Å². The number of hydrogen-bond acceptors (Lipinski definition) is 3. The van der Waals surface area contributed by atoms with Crippen molar-refractivity contribution in [3.05, 3.63) is 40.6 Å². The van der Waals surface area contributed by atoms with Gasteiger partial charge in [-0.05, 0) is 41.4 Å². The molecule has 0 aliphatic rings. The predicted molar refractivity (Wildman–Crippen MR) is 80.9 cm³/mol. The monoisotopic (exact) mass is 323 g/mol. The predicted octanol–water partition coefficient (Wildman–Crippen LogP) is 3.73. The van der Waals surface area contributed by atoms with Crippen LogP contribution in [0.3, 0.4) is 0 Å². The van der Waals surface area contributed by atoms with E-state index in [1.807, 2.05) is 31.2 Å². The van der Waals surface area contributed by atoms with Crippen molar-refractivity contribution < 1.29 is 4.74 Å². The van der Waals surface area contributed by atoms with Crippen LogP contribution in [0.15, 0.2) is 34.9 Å². The number of aromatic nitrogens is 2. The lowest BCUT2D eigenvalue weighted by molar-refractivity contribution is 0.190. The van der Waals surface area contributed by atoms with Crippen molar-refractivity contribution >= 4 is 27.6 Å². The number of nitrogens with one attached hydrogen (secondary N) is 1. The van der Waals surface area contributed by atoms with Crippen molar-refractivity contribution in [2.24, 2.45) is 0 Å². The number of ether oxygens (including phenoxy) is 1. The molecule has 0 amide bonds. The molecule has 0 saturated carbocycles. The highest BCUT2D eigenvalue weighted by molar-refractivity contribution is 9.10. The van der Waals surface area contributed by atoms with Gasteiger partial charge in [0.1, 0.15) is 0 Å². The topological polar surface area (TPSA) is 39.1 Å². The molecule has 0 spiro atoms. The van der Waals surface area contributed by atoms with Gasteiger partial charge in [-0.25, -0.2) is 4.98 Å². The van der Waals surface area contributed by atoms with Crippen LogP contribution in [0.5, 0.6) is 0 Å². The van der Waals surface area contributed by atoms with E-state index in [1.54, 1.807) is 7.11 Å². The van der Waals surface area contributed by atoms with Crippen LogP contribution in [0.4, 0.5) is 11.6 Å². The Balaban J connectivity index is 2.13. The summed E-state index contributed by atoms with van der Waals surface area (Å²) >= 11 is 3.53. The second-order valence-corrected chi connectivity index (χ2v) is 5.20. The first-order chi connectivity index (χ1) is 9.20. The van der Waals surface area contributed by atoms with E-state index in [0.29, 0.717) is 0 Å². The molecule has 1 N–H and O–H groups in total. The molecule has 0 atom stereocenters. The molecular formula is C14H18BrN3O. The molecule has 0 bridgehead atoms. The number of aryl methyl sites for hydroxylation is 2. The van der Waals surface area contributed by atoms with Gasteiger partial charge in [0.2, 0.25) is 5.95 Å². The van der Waals surface area contributed by atoms with Crippen molar-refractivity contribution in [1.82, 2.24) is 9.55 Å². The summed E-state index contributed by atoms with van der Waals surface area (Å²) in [5, 5.41) is 3.35. The molecule has 1 aromatic carbocycles. The number of hydrogen-bond donors (Lipinski definition) is 1. The molecule has 2 rings (SSSR count). The van der Waals surface area contributed by atoms with Gasteiger partial charge in [-0.2, -0.15) is 0 Å². The quantitative estimate of drug-likeness (QED) is 0.823. The van der Waals surface area contributed by atoms with Gasteiger partial charge in [-0.1, -0.05) is 12.1 Å². The maximum atomic E-state index is 5.09. The molecule has 0 unspecified atom stereocenters. The van der Waals surface area contributed by atoms with Crippen molar-refractivity contribution in [1.29, 1.82) is 0 Å². The number of nitrogens with zero attached hydrogens (tertiary/aromatic N) is 2. The molecule has 0 radical (unpaired) electrons. The van der Waals surface area contributed by atoms with Crippen LogP contribution >= 0.6 is 15.9 Å². The summed E-state index contributed by atoms with van der Waals surface area (Å²) in [7, 11) is 1.72. The van der Waals surface area contributed by atoms with Crippen molar-refractivity contribution in [2.45, 2.75) is 19.9 Å². The Bertz CT molecular complexity index is 539. The lowest BCUT2D eigenvalue weighted by Crippen LogP contribution is -2.05. The van der Waals surface area contributed by atoms with Crippen LogP contribution in [0, 0.1) is 6.92 Å². The van der Waals surface area contributed by atoms with Crippen molar-refractivity contribution in [3.8, 4) is 0 Å². The first kappa shape index (κ1) is 14.1. The average molecular weight is 324 g/mol. The Labute approximate surface area is 121 Å². The summed E-state index contributed by atoms with van der Waals surface area (Å²) in [6.45, 7) is 3.64. The number of imidazole rings is 1. The molecule has 0 saturated heterocycles. The fraction of sp³-hybridized carbons (Fsp3) is 0.357. The zero-order valence-electron chi connectivity index (χ0n) is 11.2. The molecule has 1 heterocycles. The Morgan fingerprint density at radius 2 is 2.16 bits per heavy atom. The minimum absolute atomic E-state index is 0.756. The third-order valence-corrected chi connectivity index (χ3v) is 3.46. The molecule has 102 valence electrons. The Kier molecular flexibility index (Phi) is 4.99. The molecule has 5 heteroatoms. The molecule has 0 fully saturated rings. The average Bonchev–Trinajstić information content (AvgIpc) is 2.73. The van der Waals surface area contributed by atoms with E-state index in [4.69, 9.17) is 4.74 Å². The van der Waals surface area contributed by atoms with E-state index in [-0.39, 0.29) is 0 Å². The third-order valence-electron chi connectivity index (χ3n) is 2.76. The van der Waals surface area contributed by atoms with Gasteiger partial charge in [0, 0.05) is 30.9 Å². The van der Waals surface area contributed by atoms with E-state index in [2.05, 4.69) is 37.0 Å². The molecule has 0 aliphatic heterocycles. The third kappa shape index (κ3) is 3.81. The maximum Gasteiger partial charge on any atom is 0.207 e.